The van der Waals surface area contributed by atoms with Crippen molar-refractivity contribution < 1.29 is 28.1 Å². The maximum absolute atomic E-state index is 12.7. The molecule has 0 bridgehead atoms. The first-order valence-corrected chi connectivity index (χ1v) is 9.63. The van der Waals surface area contributed by atoms with Gasteiger partial charge in [-0.25, -0.2) is 0 Å². The lowest BCUT2D eigenvalue weighted by Gasteiger charge is -2.27. The summed E-state index contributed by atoms with van der Waals surface area (Å²) in [4.78, 5) is 2.03. The molecular formula is C22H31ClF2N2O4. The molecule has 2 N–H and O–H groups in total. The van der Waals surface area contributed by atoms with Gasteiger partial charge in [-0.15, -0.1) is 12.4 Å². The highest BCUT2D eigenvalue weighted by Gasteiger charge is 2.22. The number of methoxy groups -OCH3 is 2. The third-order valence-electron chi connectivity index (χ3n) is 4.65. The molecule has 0 aromatic heterocycles. The van der Waals surface area contributed by atoms with E-state index in [2.05, 4.69) is 10.1 Å². The van der Waals surface area contributed by atoms with Gasteiger partial charge in [0.15, 0.2) is 11.5 Å². The van der Waals surface area contributed by atoms with E-state index in [1.54, 1.807) is 12.1 Å². The lowest BCUT2D eigenvalue weighted by molar-refractivity contribution is -0.0526. The van der Waals surface area contributed by atoms with E-state index in [0.29, 0.717) is 19.6 Å². The van der Waals surface area contributed by atoms with Gasteiger partial charge in [0.2, 0.25) is 5.75 Å². The van der Waals surface area contributed by atoms with Crippen LogP contribution in [0.1, 0.15) is 17.2 Å². The molecule has 0 spiro atoms. The van der Waals surface area contributed by atoms with Crippen LogP contribution in [-0.2, 0) is 6.54 Å². The number of ether oxygens (including phenoxy) is 3. The number of nitrogens with zero attached hydrogens (tertiary/aromatic N) is 1. The standard InChI is InChI=1S/C22H30F2N2O4.ClH/c1-26(2)14-17(20(27)16-8-6-5-7-9-16)13-25-12-15-10-18(28-3)21(30-22(23)24)19(11-15)29-4;/h5-11,17,20,22,25,27H,12-14H2,1-4H3;1H. The van der Waals surface area contributed by atoms with Gasteiger partial charge in [0.1, 0.15) is 0 Å². The van der Waals surface area contributed by atoms with Crippen LogP contribution in [-0.4, -0.2) is 58.0 Å². The first kappa shape index (κ1) is 26.9. The molecular weight excluding hydrogens is 430 g/mol. The molecule has 174 valence electrons. The van der Waals surface area contributed by atoms with Crippen molar-refractivity contribution in [2.75, 3.05) is 41.4 Å². The molecule has 31 heavy (non-hydrogen) atoms. The van der Waals surface area contributed by atoms with E-state index in [-0.39, 0.29) is 35.6 Å². The number of hydrogen-bond donors (Lipinski definition) is 2. The Labute approximate surface area is 188 Å². The first-order valence-electron chi connectivity index (χ1n) is 9.63. The Morgan fingerprint density at radius 2 is 1.61 bits per heavy atom. The van der Waals surface area contributed by atoms with E-state index < -0.39 is 12.7 Å². The average Bonchev–Trinajstić information content (AvgIpc) is 2.73. The van der Waals surface area contributed by atoms with Gasteiger partial charge in [0.25, 0.3) is 0 Å². The highest BCUT2D eigenvalue weighted by molar-refractivity contribution is 5.85. The minimum absolute atomic E-state index is 0. The van der Waals surface area contributed by atoms with E-state index in [1.807, 2.05) is 49.3 Å². The number of nitrogens with one attached hydrogen (secondary N) is 1. The molecule has 0 amide bonds. The van der Waals surface area contributed by atoms with Gasteiger partial charge >= 0.3 is 6.61 Å². The summed E-state index contributed by atoms with van der Waals surface area (Å²) in [5, 5.41) is 14.2. The highest BCUT2D eigenvalue weighted by atomic mass is 35.5. The second-order valence-corrected chi connectivity index (χ2v) is 7.22. The van der Waals surface area contributed by atoms with Gasteiger partial charge in [-0.05, 0) is 37.4 Å². The number of halogens is 3. The monoisotopic (exact) mass is 460 g/mol. The summed E-state index contributed by atoms with van der Waals surface area (Å²) in [6.07, 6.45) is -0.619. The molecule has 0 aliphatic heterocycles. The summed E-state index contributed by atoms with van der Waals surface area (Å²) < 4.78 is 40.3. The van der Waals surface area contributed by atoms with E-state index in [9.17, 15) is 13.9 Å². The first-order chi connectivity index (χ1) is 14.3. The summed E-state index contributed by atoms with van der Waals surface area (Å²) in [5.74, 6) is 0.151. The van der Waals surface area contributed by atoms with E-state index in [1.165, 1.54) is 14.2 Å². The Bertz CT molecular complexity index is 756. The van der Waals surface area contributed by atoms with Crippen LogP contribution in [0.4, 0.5) is 8.78 Å². The van der Waals surface area contributed by atoms with Gasteiger partial charge in [0.05, 0.1) is 20.3 Å². The molecule has 0 radical (unpaired) electrons. The zero-order valence-electron chi connectivity index (χ0n) is 18.2. The summed E-state index contributed by atoms with van der Waals surface area (Å²) in [6, 6.07) is 12.8. The van der Waals surface area contributed by atoms with Crippen molar-refractivity contribution in [1.29, 1.82) is 0 Å². The fourth-order valence-corrected chi connectivity index (χ4v) is 3.31. The average molecular weight is 461 g/mol. The number of aliphatic hydroxyl groups is 1. The SMILES string of the molecule is COc1cc(CNCC(CN(C)C)C(O)c2ccccc2)cc(OC)c1OC(F)F.Cl. The topological polar surface area (TPSA) is 63.2 Å². The third kappa shape index (κ3) is 8.14. The summed E-state index contributed by atoms with van der Waals surface area (Å²) in [5.41, 5.74) is 1.64. The van der Waals surface area contributed by atoms with Crippen molar-refractivity contribution in [3.8, 4) is 17.2 Å². The molecule has 2 aromatic carbocycles. The molecule has 0 saturated carbocycles. The molecule has 0 saturated heterocycles. The second-order valence-electron chi connectivity index (χ2n) is 7.22. The minimum Gasteiger partial charge on any atom is -0.493 e. The summed E-state index contributed by atoms with van der Waals surface area (Å²) >= 11 is 0. The predicted octanol–water partition coefficient (Wildman–Crippen LogP) is 3.73. The summed E-state index contributed by atoms with van der Waals surface area (Å²) in [6.45, 7) is -1.30. The normalized spacial score (nSPS) is 12.9. The van der Waals surface area contributed by atoms with E-state index >= 15 is 0 Å². The Hall–Kier alpha value is -2.13. The van der Waals surface area contributed by atoms with E-state index in [0.717, 1.165) is 11.1 Å². The van der Waals surface area contributed by atoms with Crippen molar-refractivity contribution in [2.45, 2.75) is 19.3 Å². The minimum atomic E-state index is -2.98. The zero-order chi connectivity index (χ0) is 22.1. The van der Waals surface area contributed by atoms with Crippen molar-refractivity contribution >= 4 is 12.4 Å². The Morgan fingerprint density at radius 1 is 1.03 bits per heavy atom. The maximum atomic E-state index is 12.7. The van der Waals surface area contributed by atoms with Crippen LogP contribution in [0.3, 0.4) is 0 Å². The van der Waals surface area contributed by atoms with Crippen LogP contribution in [0.25, 0.3) is 0 Å². The predicted molar refractivity (Wildman–Crippen MR) is 119 cm³/mol. The molecule has 9 heteroatoms. The van der Waals surface area contributed by atoms with Gasteiger partial charge < -0.3 is 29.5 Å². The van der Waals surface area contributed by atoms with Crippen LogP contribution in [0.15, 0.2) is 42.5 Å². The number of aliphatic hydroxyl groups excluding tert-OH is 1. The van der Waals surface area contributed by atoms with E-state index in [4.69, 9.17) is 9.47 Å². The van der Waals surface area contributed by atoms with Crippen LogP contribution in [0, 0.1) is 5.92 Å². The second kappa shape index (κ2) is 13.3. The molecule has 2 rings (SSSR count). The van der Waals surface area contributed by atoms with Crippen LogP contribution in [0.2, 0.25) is 0 Å². The Morgan fingerprint density at radius 3 is 2.10 bits per heavy atom. The number of rotatable bonds is 12. The van der Waals surface area contributed by atoms with Gasteiger partial charge in [-0.2, -0.15) is 8.78 Å². The lowest BCUT2D eigenvalue weighted by Crippen LogP contribution is -2.34. The molecule has 2 aromatic rings. The molecule has 2 unspecified atom stereocenters. The number of alkyl halides is 2. The van der Waals surface area contributed by atoms with Crippen LogP contribution >= 0.6 is 12.4 Å². The lowest BCUT2D eigenvalue weighted by atomic mass is 9.95. The van der Waals surface area contributed by atoms with Crippen LogP contribution in [0.5, 0.6) is 17.2 Å². The van der Waals surface area contributed by atoms with Gasteiger partial charge in [-0.3, -0.25) is 0 Å². The van der Waals surface area contributed by atoms with Gasteiger partial charge in [-0.1, -0.05) is 30.3 Å². The Kier molecular flexibility index (Phi) is 11.6. The Balaban J connectivity index is 0.00000480. The fourth-order valence-electron chi connectivity index (χ4n) is 3.31. The highest BCUT2D eigenvalue weighted by Crippen LogP contribution is 2.39. The van der Waals surface area contributed by atoms with Crippen molar-refractivity contribution in [3.05, 3.63) is 53.6 Å². The third-order valence-corrected chi connectivity index (χ3v) is 4.65. The van der Waals surface area contributed by atoms with Crippen molar-refractivity contribution in [1.82, 2.24) is 10.2 Å². The quantitative estimate of drug-likeness (QED) is 0.503. The fraction of sp³-hybridized carbons (Fsp3) is 0.455. The number of hydrogen-bond acceptors (Lipinski definition) is 6. The smallest absolute Gasteiger partial charge is 0.387 e. The summed E-state index contributed by atoms with van der Waals surface area (Å²) in [7, 11) is 6.69. The van der Waals surface area contributed by atoms with Gasteiger partial charge in [0, 0.05) is 25.6 Å². The molecule has 2 atom stereocenters. The van der Waals surface area contributed by atoms with Crippen molar-refractivity contribution in [2.24, 2.45) is 5.92 Å². The van der Waals surface area contributed by atoms with Crippen LogP contribution < -0.4 is 19.5 Å². The molecule has 0 aliphatic carbocycles. The molecule has 0 fully saturated rings. The van der Waals surface area contributed by atoms with Crippen molar-refractivity contribution in [3.63, 3.8) is 0 Å². The molecule has 6 nitrogen and oxygen atoms in total. The molecule has 0 heterocycles. The number of benzene rings is 2. The molecule has 0 aliphatic rings. The largest absolute Gasteiger partial charge is 0.493 e. The maximum Gasteiger partial charge on any atom is 0.387 e. The zero-order valence-corrected chi connectivity index (χ0v) is 19.0.